The Morgan fingerprint density at radius 1 is 1.31 bits per heavy atom. The van der Waals surface area contributed by atoms with Gasteiger partial charge >= 0.3 is 0 Å². The fourth-order valence-electron chi connectivity index (χ4n) is 2.68. The smallest absolute Gasteiger partial charge is 0.255 e. The molecular formula is C19H24N4O3. The van der Waals surface area contributed by atoms with Crippen molar-refractivity contribution < 1.29 is 14.3 Å². The molecule has 1 aromatic carbocycles. The second kappa shape index (κ2) is 8.53. The number of hydrogen-bond acceptors (Lipinski definition) is 6. The van der Waals surface area contributed by atoms with Gasteiger partial charge in [-0.1, -0.05) is 6.92 Å². The maximum atomic E-state index is 12.4. The van der Waals surface area contributed by atoms with Gasteiger partial charge in [-0.15, -0.1) is 0 Å². The van der Waals surface area contributed by atoms with E-state index in [1.165, 1.54) is 0 Å². The molecule has 1 aromatic heterocycles. The predicted octanol–water partition coefficient (Wildman–Crippen LogP) is 2.54. The number of aromatic nitrogens is 1. The molecule has 26 heavy (non-hydrogen) atoms. The summed E-state index contributed by atoms with van der Waals surface area (Å²) in [7, 11) is 0. The van der Waals surface area contributed by atoms with E-state index in [0.29, 0.717) is 42.5 Å². The van der Waals surface area contributed by atoms with E-state index in [-0.39, 0.29) is 5.91 Å². The molecule has 1 saturated heterocycles. The summed E-state index contributed by atoms with van der Waals surface area (Å²) in [5, 5.41) is 2.84. The summed E-state index contributed by atoms with van der Waals surface area (Å²) in [6.45, 7) is 5.68. The lowest BCUT2D eigenvalue weighted by Crippen LogP contribution is -2.36. The highest BCUT2D eigenvalue weighted by atomic mass is 16.5. The molecule has 0 radical (unpaired) electrons. The molecule has 0 bridgehead atoms. The topological polar surface area (TPSA) is 89.7 Å². The summed E-state index contributed by atoms with van der Waals surface area (Å²) in [5.74, 6) is 1.24. The van der Waals surface area contributed by atoms with E-state index in [2.05, 4.69) is 15.2 Å². The summed E-state index contributed by atoms with van der Waals surface area (Å²) >= 11 is 0. The average Bonchev–Trinajstić information content (AvgIpc) is 2.68. The molecule has 7 nitrogen and oxygen atoms in total. The Bertz CT molecular complexity index is 743. The van der Waals surface area contributed by atoms with Crippen LogP contribution in [0, 0.1) is 0 Å². The minimum atomic E-state index is -0.236. The fraction of sp³-hybridized carbons (Fsp3) is 0.368. The van der Waals surface area contributed by atoms with Crippen molar-refractivity contribution in [3.63, 3.8) is 0 Å². The molecule has 1 fully saturated rings. The zero-order chi connectivity index (χ0) is 18.4. The third-order valence-corrected chi connectivity index (χ3v) is 4.07. The number of ether oxygens (including phenoxy) is 2. The monoisotopic (exact) mass is 356 g/mol. The molecule has 0 aliphatic carbocycles. The van der Waals surface area contributed by atoms with Crippen LogP contribution in [0.3, 0.4) is 0 Å². The third kappa shape index (κ3) is 4.43. The first-order valence-corrected chi connectivity index (χ1v) is 8.80. The van der Waals surface area contributed by atoms with Crippen molar-refractivity contribution in [1.82, 2.24) is 4.98 Å². The lowest BCUT2D eigenvalue weighted by molar-refractivity contribution is 0.102. The quantitative estimate of drug-likeness (QED) is 0.773. The van der Waals surface area contributed by atoms with Crippen LogP contribution in [0.25, 0.3) is 0 Å². The summed E-state index contributed by atoms with van der Waals surface area (Å²) < 4.78 is 10.9. The Morgan fingerprint density at radius 3 is 2.77 bits per heavy atom. The molecule has 2 aromatic rings. The number of pyridine rings is 1. The highest BCUT2D eigenvalue weighted by Gasteiger charge is 2.13. The van der Waals surface area contributed by atoms with Gasteiger partial charge in [-0.3, -0.25) is 4.79 Å². The Kier molecular flexibility index (Phi) is 5.91. The normalized spacial score (nSPS) is 14.1. The van der Waals surface area contributed by atoms with Crippen LogP contribution >= 0.6 is 0 Å². The lowest BCUT2D eigenvalue weighted by atomic mass is 10.1. The van der Waals surface area contributed by atoms with Crippen LogP contribution in [0.1, 0.15) is 23.7 Å². The third-order valence-electron chi connectivity index (χ3n) is 4.07. The average molecular weight is 356 g/mol. The van der Waals surface area contributed by atoms with Gasteiger partial charge in [0.15, 0.2) is 0 Å². The van der Waals surface area contributed by atoms with Crippen LogP contribution in [0.4, 0.5) is 17.2 Å². The molecule has 0 atom stereocenters. The number of carbonyl (C=O) groups excluding carboxylic acids is 1. The number of anilines is 3. The second-order valence-corrected chi connectivity index (χ2v) is 6.06. The minimum absolute atomic E-state index is 0.236. The second-order valence-electron chi connectivity index (χ2n) is 6.06. The van der Waals surface area contributed by atoms with E-state index < -0.39 is 0 Å². The van der Waals surface area contributed by atoms with E-state index in [0.717, 1.165) is 25.3 Å². The summed E-state index contributed by atoms with van der Waals surface area (Å²) in [4.78, 5) is 19.0. The van der Waals surface area contributed by atoms with Gasteiger partial charge in [-0.05, 0) is 36.8 Å². The number of nitrogens with one attached hydrogen (secondary N) is 1. The summed E-state index contributed by atoms with van der Waals surface area (Å²) in [5.41, 5.74) is 7.53. The number of nitrogens with zero attached hydrogens (tertiary/aromatic N) is 2. The van der Waals surface area contributed by atoms with Gasteiger partial charge in [0.1, 0.15) is 11.6 Å². The first kappa shape index (κ1) is 18.0. The van der Waals surface area contributed by atoms with Crippen molar-refractivity contribution in [3.8, 4) is 5.75 Å². The van der Waals surface area contributed by atoms with Crippen LogP contribution in [0.5, 0.6) is 5.75 Å². The van der Waals surface area contributed by atoms with Crippen molar-refractivity contribution >= 4 is 23.1 Å². The van der Waals surface area contributed by atoms with Gasteiger partial charge in [-0.25, -0.2) is 4.98 Å². The number of hydrogen-bond donors (Lipinski definition) is 2. The predicted molar refractivity (Wildman–Crippen MR) is 102 cm³/mol. The maximum absolute atomic E-state index is 12.4. The van der Waals surface area contributed by atoms with Crippen molar-refractivity contribution in [2.45, 2.75) is 13.3 Å². The van der Waals surface area contributed by atoms with Gasteiger partial charge in [0.25, 0.3) is 5.91 Å². The fourth-order valence-corrected chi connectivity index (χ4v) is 2.68. The molecule has 3 rings (SSSR count). The number of carbonyl (C=O) groups is 1. The summed E-state index contributed by atoms with van der Waals surface area (Å²) in [6, 6.07) is 8.79. The standard InChI is InChI=1S/C19H24N4O3/c1-2-9-26-17-5-3-14(12-16(17)20)19(24)22-15-4-6-18(21-13-15)23-7-10-25-11-8-23/h3-6,12-13H,2,7-11,20H2,1H3,(H,22,24). The van der Waals surface area contributed by atoms with E-state index in [1.54, 1.807) is 24.4 Å². The minimum Gasteiger partial charge on any atom is -0.491 e. The van der Waals surface area contributed by atoms with E-state index in [1.807, 2.05) is 19.1 Å². The van der Waals surface area contributed by atoms with Crippen molar-refractivity contribution in [1.29, 1.82) is 0 Å². The first-order chi connectivity index (χ1) is 12.7. The van der Waals surface area contributed by atoms with E-state index in [4.69, 9.17) is 15.2 Å². The molecule has 2 heterocycles. The molecule has 1 amide bonds. The van der Waals surface area contributed by atoms with Gasteiger partial charge in [-0.2, -0.15) is 0 Å². The molecular weight excluding hydrogens is 332 g/mol. The number of rotatable bonds is 6. The van der Waals surface area contributed by atoms with Crippen LogP contribution in [-0.4, -0.2) is 43.8 Å². The number of benzene rings is 1. The van der Waals surface area contributed by atoms with Crippen LogP contribution in [-0.2, 0) is 4.74 Å². The maximum Gasteiger partial charge on any atom is 0.255 e. The molecule has 0 saturated carbocycles. The molecule has 0 spiro atoms. The van der Waals surface area contributed by atoms with E-state index >= 15 is 0 Å². The van der Waals surface area contributed by atoms with Gasteiger partial charge in [0, 0.05) is 18.7 Å². The van der Waals surface area contributed by atoms with Gasteiger partial charge in [0.2, 0.25) is 0 Å². The van der Waals surface area contributed by atoms with Crippen molar-refractivity contribution in [2.75, 3.05) is 48.9 Å². The van der Waals surface area contributed by atoms with Gasteiger partial charge in [0.05, 0.1) is 37.4 Å². The lowest BCUT2D eigenvalue weighted by Gasteiger charge is -2.27. The SMILES string of the molecule is CCCOc1ccc(C(=O)Nc2ccc(N3CCOCC3)nc2)cc1N. The molecule has 1 aliphatic rings. The van der Waals surface area contributed by atoms with Crippen LogP contribution < -0.4 is 20.7 Å². The van der Waals surface area contributed by atoms with E-state index in [9.17, 15) is 4.79 Å². The molecule has 3 N–H and O–H groups in total. The first-order valence-electron chi connectivity index (χ1n) is 8.80. The Balaban J connectivity index is 1.63. The highest BCUT2D eigenvalue weighted by Crippen LogP contribution is 2.23. The Labute approximate surface area is 153 Å². The molecule has 0 unspecified atom stereocenters. The Hall–Kier alpha value is -2.80. The zero-order valence-corrected chi connectivity index (χ0v) is 14.9. The number of amides is 1. The number of morpholine rings is 1. The molecule has 138 valence electrons. The molecule has 7 heteroatoms. The summed E-state index contributed by atoms with van der Waals surface area (Å²) in [6.07, 6.45) is 2.56. The van der Waals surface area contributed by atoms with Crippen molar-refractivity contribution in [2.24, 2.45) is 0 Å². The highest BCUT2D eigenvalue weighted by molar-refractivity contribution is 6.04. The van der Waals surface area contributed by atoms with Crippen molar-refractivity contribution in [3.05, 3.63) is 42.1 Å². The largest absolute Gasteiger partial charge is 0.491 e. The van der Waals surface area contributed by atoms with Crippen LogP contribution in [0.2, 0.25) is 0 Å². The van der Waals surface area contributed by atoms with Gasteiger partial charge < -0.3 is 25.4 Å². The zero-order valence-electron chi connectivity index (χ0n) is 14.9. The Morgan fingerprint density at radius 2 is 2.12 bits per heavy atom. The van der Waals surface area contributed by atoms with Crippen LogP contribution in [0.15, 0.2) is 36.5 Å². The molecule has 1 aliphatic heterocycles. The number of nitrogen functional groups attached to an aromatic ring is 1. The number of nitrogens with two attached hydrogens (primary N) is 1.